The Labute approximate surface area is 116 Å². The van der Waals surface area contributed by atoms with E-state index in [1.165, 1.54) is 12.1 Å². The number of likely N-dealkylation sites (tertiary alicyclic amines) is 1. The Bertz CT molecular complexity index is 585. The van der Waals surface area contributed by atoms with Crippen LogP contribution in [-0.4, -0.2) is 34.2 Å². The molecule has 0 bridgehead atoms. The first-order chi connectivity index (χ1) is 9.76. The lowest BCUT2D eigenvalue weighted by atomic mass is 10.2. The summed E-state index contributed by atoms with van der Waals surface area (Å²) in [5.74, 6) is 0.126. The zero-order valence-corrected chi connectivity index (χ0v) is 11.1. The summed E-state index contributed by atoms with van der Waals surface area (Å²) >= 11 is 0. The third-order valence-electron chi connectivity index (χ3n) is 3.70. The lowest BCUT2D eigenvalue weighted by Gasteiger charge is -2.20. The van der Waals surface area contributed by atoms with Crippen molar-refractivity contribution in [1.82, 2.24) is 9.88 Å². The Balaban J connectivity index is 1.74. The van der Waals surface area contributed by atoms with Crippen LogP contribution in [-0.2, 0) is 6.54 Å². The first-order valence-electron chi connectivity index (χ1n) is 6.81. The van der Waals surface area contributed by atoms with E-state index in [0.29, 0.717) is 18.0 Å². The highest BCUT2D eigenvalue weighted by molar-refractivity contribution is 5.52. The van der Waals surface area contributed by atoms with Crippen LogP contribution in [0.15, 0.2) is 34.9 Å². The van der Waals surface area contributed by atoms with E-state index >= 15 is 0 Å². The minimum atomic E-state index is -0.304. The number of aliphatic hydroxyl groups is 1. The molecule has 2 aromatic rings. The number of aliphatic hydroxyl groups excluding tert-OH is 1. The minimum absolute atomic E-state index is 0.175. The second-order valence-corrected chi connectivity index (χ2v) is 5.10. The molecule has 1 aliphatic heterocycles. The van der Waals surface area contributed by atoms with Crippen LogP contribution in [0, 0.1) is 5.82 Å². The molecule has 1 aromatic carbocycles. The summed E-state index contributed by atoms with van der Waals surface area (Å²) in [5.41, 5.74) is 1.45. The number of halogens is 1. The number of nitrogens with zero attached hydrogens (tertiary/aromatic N) is 2. The molecule has 1 aliphatic rings. The fourth-order valence-electron chi connectivity index (χ4n) is 2.65. The second kappa shape index (κ2) is 5.73. The van der Waals surface area contributed by atoms with Gasteiger partial charge in [0.15, 0.2) is 0 Å². The van der Waals surface area contributed by atoms with Gasteiger partial charge in [0.25, 0.3) is 0 Å². The highest BCUT2D eigenvalue weighted by atomic mass is 19.1. The molecule has 2 heterocycles. The van der Waals surface area contributed by atoms with Crippen molar-refractivity contribution in [3.63, 3.8) is 0 Å². The van der Waals surface area contributed by atoms with Gasteiger partial charge in [0, 0.05) is 18.2 Å². The van der Waals surface area contributed by atoms with Crippen LogP contribution in [0.3, 0.4) is 0 Å². The van der Waals surface area contributed by atoms with E-state index in [1.807, 2.05) is 0 Å². The summed E-state index contributed by atoms with van der Waals surface area (Å²) in [5, 5.41) is 9.30. The third-order valence-corrected chi connectivity index (χ3v) is 3.70. The fraction of sp³-hybridized carbons (Fsp3) is 0.400. The van der Waals surface area contributed by atoms with Crippen molar-refractivity contribution in [2.75, 3.05) is 13.2 Å². The van der Waals surface area contributed by atoms with Crippen molar-refractivity contribution in [1.29, 1.82) is 0 Å². The summed E-state index contributed by atoms with van der Waals surface area (Å²) in [7, 11) is 0. The Hall–Kier alpha value is -1.72. The van der Waals surface area contributed by atoms with Gasteiger partial charge in [0.1, 0.15) is 12.1 Å². The van der Waals surface area contributed by atoms with Crippen LogP contribution in [0.5, 0.6) is 0 Å². The topological polar surface area (TPSA) is 49.5 Å². The standard InChI is InChI=1S/C15H17FN2O2/c16-12-4-1-3-11(7-12)15-17-13(10-20-15)8-18-6-2-5-14(18)9-19/h1,3-4,7,10,14,19H,2,5-6,8-9H2/t14-/m1/s1. The molecule has 3 rings (SSSR count). The molecule has 1 saturated heterocycles. The van der Waals surface area contributed by atoms with Gasteiger partial charge < -0.3 is 9.52 Å². The molecular formula is C15H17FN2O2. The molecule has 1 aromatic heterocycles. The average Bonchev–Trinajstić information content (AvgIpc) is 3.08. The second-order valence-electron chi connectivity index (χ2n) is 5.10. The van der Waals surface area contributed by atoms with Gasteiger partial charge in [-0.1, -0.05) is 6.07 Å². The number of oxazole rings is 1. The van der Waals surface area contributed by atoms with Gasteiger partial charge in [0.2, 0.25) is 5.89 Å². The van der Waals surface area contributed by atoms with Gasteiger partial charge in [-0.2, -0.15) is 0 Å². The highest BCUT2D eigenvalue weighted by Crippen LogP contribution is 2.23. The van der Waals surface area contributed by atoms with E-state index < -0.39 is 0 Å². The maximum absolute atomic E-state index is 13.2. The summed E-state index contributed by atoms with van der Waals surface area (Å²) in [4.78, 5) is 6.60. The molecule has 1 N–H and O–H groups in total. The molecule has 5 heteroatoms. The van der Waals surface area contributed by atoms with E-state index in [-0.39, 0.29) is 18.5 Å². The lowest BCUT2D eigenvalue weighted by Crippen LogP contribution is -2.31. The van der Waals surface area contributed by atoms with Gasteiger partial charge >= 0.3 is 0 Å². The summed E-state index contributed by atoms with van der Waals surface area (Å²) in [6.45, 7) is 1.80. The zero-order valence-electron chi connectivity index (χ0n) is 11.1. The molecule has 0 radical (unpaired) electrons. The highest BCUT2D eigenvalue weighted by Gasteiger charge is 2.24. The van der Waals surface area contributed by atoms with Gasteiger partial charge in [-0.15, -0.1) is 0 Å². The third kappa shape index (κ3) is 2.73. The molecule has 4 nitrogen and oxygen atoms in total. The van der Waals surface area contributed by atoms with Crippen molar-refractivity contribution in [2.24, 2.45) is 0 Å². The summed E-state index contributed by atoms with van der Waals surface area (Å²) in [6.07, 6.45) is 3.72. The molecule has 0 saturated carbocycles. The molecular weight excluding hydrogens is 259 g/mol. The van der Waals surface area contributed by atoms with Crippen molar-refractivity contribution < 1.29 is 13.9 Å². The normalized spacial score (nSPS) is 19.6. The molecule has 20 heavy (non-hydrogen) atoms. The van der Waals surface area contributed by atoms with Crippen LogP contribution in [0.4, 0.5) is 4.39 Å². The number of benzene rings is 1. The van der Waals surface area contributed by atoms with Gasteiger partial charge in [-0.05, 0) is 37.6 Å². The summed E-state index contributed by atoms with van der Waals surface area (Å²) in [6, 6.07) is 6.41. The Morgan fingerprint density at radius 3 is 3.15 bits per heavy atom. The maximum atomic E-state index is 13.2. The van der Waals surface area contributed by atoms with Crippen molar-refractivity contribution in [2.45, 2.75) is 25.4 Å². The van der Waals surface area contributed by atoms with Crippen molar-refractivity contribution >= 4 is 0 Å². The minimum Gasteiger partial charge on any atom is -0.444 e. The van der Waals surface area contributed by atoms with Crippen LogP contribution in [0.2, 0.25) is 0 Å². The van der Waals surface area contributed by atoms with Gasteiger partial charge in [-0.3, -0.25) is 4.90 Å². The molecule has 0 spiro atoms. The molecule has 0 amide bonds. The monoisotopic (exact) mass is 276 g/mol. The molecule has 1 atom stereocenters. The number of hydrogen-bond acceptors (Lipinski definition) is 4. The lowest BCUT2D eigenvalue weighted by molar-refractivity contribution is 0.152. The van der Waals surface area contributed by atoms with Crippen LogP contribution in [0.25, 0.3) is 11.5 Å². The smallest absolute Gasteiger partial charge is 0.226 e. The first kappa shape index (κ1) is 13.3. The van der Waals surface area contributed by atoms with E-state index in [9.17, 15) is 9.50 Å². The Morgan fingerprint density at radius 2 is 2.35 bits per heavy atom. The number of aromatic nitrogens is 1. The number of hydrogen-bond donors (Lipinski definition) is 1. The predicted molar refractivity (Wildman–Crippen MR) is 72.4 cm³/mol. The van der Waals surface area contributed by atoms with Gasteiger partial charge in [-0.25, -0.2) is 9.37 Å². The largest absolute Gasteiger partial charge is 0.444 e. The average molecular weight is 276 g/mol. The van der Waals surface area contributed by atoms with Crippen molar-refractivity contribution in [3.8, 4) is 11.5 Å². The molecule has 1 fully saturated rings. The van der Waals surface area contributed by atoms with Gasteiger partial charge in [0.05, 0.1) is 12.3 Å². The summed E-state index contributed by atoms with van der Waals surface area (Å²) < 4.78 is 18.6. The van der Waals surface area contributed by atoms with E-state index in [0.717, 1.165) is 25.1 Å². The predicted octanol–water partition coefficient (Wildman–Crippen LogP) is 2.44. The van der Waals surface area contributed by atoms with Crippen LogP contribution >= 0.6 is 0 Å². The van der Waals surface area contributed by atoms with E-state index in [4.69, 9.17) is 4.42 Å². The quantitative estimate of drug-likeness (QED) is 0.932. The van der Waals surface area contributed by atoms with E-state index in [2.05, 4.69) is 9.88 Å². The Kier molecular flexibility index (Phi) is 3.80. The molecule has 106 valence electrons. The Morgan fingerprint density at radius 1 is 1.45 bits per heavy atom. The SMILES string of the molecule is OC[C@H]1CCCN1Cc1coc(-c2cccc(F)c2)n1. The van der Waals surface area contributed by atoms with E-state index in [1.54, 1.807) is 18.4 Å². The zero-order chi connectivity index (χ0) is 13.9. The maximum Gasteiger partial charge on any atom is 0.226 e. The first-order valence-corrected chi connectivity index (χ1v) is 6.81. The fourth-order valence-corrected chi connectivity index (χ4v) is 2.65. The van der Waals surface area contributed by atoms with Crippen molar-refractivity contribution in [3.05, 3.63) is 42.0 Å². The van der Waals surface area contributed by atoms with Crippen LogP contribution < -0.4 is 0 Å². The number of rotatable bonds is 4. The van der Waals surface area contributed by atoms with Crippen LogP contribution in [0.1, 0.15) is 18.5 Å². The molecule has 0 unspecified atom stereocenters. The molecule has 0 aliphatic carbocycles.